The number of unbranched alkanes of at least 4 members (excludes halogenated alkanes) is 12. The molecule has 0 aromatic carbocycles. The number of esters is 5. The van der Waals surface area contributed by atoms with Crippen LogP contribution in [0.3, 0.4) is 0 Å². The fourth-order valence-corrected chi connectivity index (χ4v) is 7.32. The van der Waals surface area contributed by atoms with Crippen molar-refractivity contribution in [3.8, 4) is 0 Å². The quantitative estimate of drug-likeness (QED) is 0.0352. The lowest BCUT2D eigenvalue weighted by Crippen LogP contribution is -2.31. The lowest BCUT2D eigenvalue weighted by molar-refractivity contribution is -0.167. The molecule has 0 aliphatic heterocycles. The summed E-state index contributed by atoms with van der Waals surface area (Å²) in [6, 6.07) is 0. The maximum absolute atomic E-state index is 13.0. The molecule has 0 aromatic rings. The maximum atomic E-state index is 13.0. The van der Waals surface area contributed by atoms with Crippen LogP contribution in [-0.2, 0) is 52.5 Å². The molecule has 0 radical (unpaired) electrons. The molecule has 0 aliphatic carbocycles. The smallest absolute Gasteiger partial charge is 0.306 e. The van der Waals surface area contributed by atoms with E-state index in [0.29, 0.717) is 51.4 Å². The zero-order chi connectivity index (χ0) is 43.9. The fraction of sp³-hybridized carbons (Fsp3) is 0.867. The van der Waals surface area contributed by atoms with Crippen LogP contribution in [-0.4, -0.2) is 109 Å². The van der Waals surface area contributed by atoms with E-state index in [1.54, 1.807) is 0 Å². The number of carbonyl (C=O) groups is 6. The minimum absolute atomic E-state index is 0.0361. The van der Waals surface area contributed by atoms with Crippen molar-refractivity contribution in [2.45, 2.75) is 205 Å². The molecule has 1 N–H and O–H groups in total. The van der Waals surface area contributed by atoms with Crippen LogP contribution in [0.25, 0.3) is 0 Å². The number of aliphatic hydroxyl groups is 1. The molecule has 0 saturated carbocycles. The summed E-state index contributed by atoms with van der Waals surface area (Å²) in [5.41, 5.74) is 0. The molecular formula is C45H81NO12S. The van der Waals surface area contributed by atoms with E-state index in [4.69, 9.17) is 23.7 Å². The van der Waals surface area contributed by atoms with E-state index < -0.39 is 30.8 Å². The minimum atomic E-state index is -0.956. The Morgan fingerprint density at radius 2 is 0.847 bits per heavy atom. The number of hydrogen-bond donors (Lipinski definition) is 1. The van der Waals surface area contributed by atoms with Crippen molar-refractivity contribution in [3.05, 3.63) is 0 Å². The van der Waals surface area contributed by atoms with Crippen LogP contribution < -0.4 is 0 Å². The Labute approximate surface area is 360 Å². The van der Waals surface area contributed by atoms with E-state index in [2.05, 4.69) is 20.8 Å². The third-order valence-corrected chi connectivity index (χ3v) is 10.9. The van der Waals surface area contributed by atoms with Gasteiger partial charge in [0.1, 0.15) is 19.8 Å². The van der Waals surface area contributed by atoms with Crippen molar-refractivity contribution in [3.63, 3.8) is 0 Å². The molecule has 0 saturated heterocycles. The van der Waals surface area contributed by atoms with Crippen LogP contribution in [0.5, 0.6) is 0 Å². The Hall–Kier alpha value is -2.71. The molecular weight excluding hydrogens is 779 g/mol. The molecule has 0 fully saturated rings. The molecule has 0 amide bonds. The largest absolute Gasteiger partial charge is 0.462 e. The number of carbonyl (C=O) groups excluding carboxylic acids is 6. The third kappa shape index (κ3) is 36.8. The second kappa shape index (κ2) is 39.4. The summed E-state index contributed by atoms with van der Waals surface area (Å²) in [5, 5.41) is 9.57. The summed E-state index contributed by atoms with van der Waals surface area (Å²) in [7, 11) is 3.90. The topological polar surface area (TPSA) is 172 Å². The van der Waals surface area contributed by atoms with Crippen LogP contribution in [0.1, 0.15) is 188 Å². The van der Waals surface area contributed by atoms with E-state index in [9.17, 15) is 33.9 Å². The van der Waals surface area contributed by atoms with Gasteiger partial charge in [-0.1, -0.05) is 110 Å². The second-order valence-electron chi connectivity index (χ2n) is 15.8. The first kappa shape index (κ1) is 56.3. The molecule has 0 spiro atoms. The molecule has 344 valence electrons. The van der Waals surface area contributed by atoms with Crippen molar-refractivity contribution in [2.24, 2.45) is 0 Å². The minimum Gasteiger partial charge on any atom is -0.462 e. The average molecular weight is 860 g/mol. The molecule has 13 nitrogen and oxygen atoms in total. The Morgan fingerprint density at radius 3 is 1.24 bits per heavy atom. The van der Waals surface area contributed by atoms with E-state index >= 15 is 0 Å². The average Bonchev–Trinajstić information content (AvgIpc) is 3.19. The summed E-state index contributed by atoms with van der Waals surface area (Å²) >= 11 is 1.22. The Kier molecular flexibility index (Phi) is 37.6. The van der Waals surface area contributed by atoms with Crippen molar-refractivity contribution in [1.29, 1.82) is 0 Å². The monoisotopic (exact) mass is 860 g/mol. The molecule has 59 heavy (non-hydrogen) atoms. The fourth-order valence-electron chi connectivity index (χ4n) is 6.12. The Balaban J connectivity index is 5.16. The molecule has 2 unspecified atom stereocenters. The highest BCUT2D eigenvalue weighted by Gasteiger charge is 2.22. The first-order valence-electron chi connectivity index (χ1n) is 22.7. The molecule has 0 heterocycles. The van der Waals surface area contributed by atoms with Gasteiger partial charge in [0, 0.05) is 43.8 Å². The van der Waals surface area contributed by atoms with Gasteiger partial charge in [-0.2, -0.15) is 0 Å². The van der Waals surface area contributed by atoms with Gasteiger partial charge in [0.15, 0.2) is 17.3 Å². The normalized spacial score (nSPS) is 12.3. The second-order valence-corrected chi connectivity index (χ2v) is 17.1. The SMILES string of the molecule is CCCCCCCC(=O)OCC(CO)OC(=O)CCCC(CCCC(=O)OC(COC(=O)CCCCCCC)COC(=O)CCCCCCC)SC(=O)CCCN(C)C. The zero-order valence-corrected chi connectivity index (χ0v) is 38.3. The van der Waals surface area contributed by atoms with E-state index in [0.717, 1.165) is 90.0 Å². The van der Waals surface area contributed by atoms with Gasteiger partial charge in [0.25, 0.3) is 0 Å². The molecule has 0 aliphatic rings. The summed E-state index contributed by atoms with van der Waals surface area (Å²) < 4.78 is 27.1. The number of rotatable bonds is 40. The molecule has 0 bridgehead atoms. The van der Waals surface area contributed by atoms with Crippen molar-refractivity contribution < 1.29 is 57.6 Å². The standard InChI is InChI=1S/C45H81NO12S/c1-6-9-12-15-18-26-40(48)54-34-37(33-47)57-43(51)29-21-24-39(59-45(53)31-23-32-46(4)5)25-22-30-44(52)58-38(35-55-41(49)27-19-16-13-10-7-2)36-56-42(50)28-20-17-14-11-8-3/h37-39,47H,6-36H2,1-5H3. The van der Waals surface area contributed by atoms with Crippen molar-refractivity contribution in [2.75, 3.05) is 47.1 Å². The van der Waals surface area contributed by atoms with Gasteiger partial charge in [-0.15, -0.1) is 0 Å². The number of aliphatic hydroxyl groups excluding tert-OH is 1. The summed E-state index contributed by atoms with van der Waals surface area (Å²) in [6.45, 7) is 6.04. The zero-order valence-electron chi connectivity index (χ0n) is 37.4. The lowest BCUT2D eigenvalue weighted by atomic mass is 10.1. The van der Waals surface area contributed by atoms with Crippen LogP contribution in [0, 0.1) is 0 Å². The van der Waals surface area contributed by atoms with Gasteiger partial charge in [0.2, 0.25) is 0 Å². The number of nitrogens with zero attached hydrogens (tertiary/aromatic N) is 1. The predicted octanol–water partition coefficient (Wildman–Crippen LogP) is 8.82. The van der Waals surface area contributed by atoms with Gasteiger partial charge < -0.3 is 33.7 Å². The van der Waals surface area contributed by atoms with Crippen LogP contribution in [0.2, 0.25) is 0 Å². The van der Waals surface area contributed by atoms with Crippen LogP contribution in [0.4, 0.5) is 0 Å². The predicted molar refractivity (Wildman–Crippen MR) is 232 cm³/mol. The van der Waals surface area contributed by atoms with Gasteiger partial charge in [-0.3, -0.25) is 28.8 Å². The summed E-state index contributed by atoms with van der Waals surface area (Å²) in [5.74, 6) is -2.22. The van der Waals surface area contributed by atoms with E-state index in [1.165, 1.54) is 11.8 Å². The van der Waals surface area contributed by atoms with E-state index in [-0.39, 0.29) is 80.2 Å². The van der Waals surface area contributed by atoms with Gasteiger partial charge in [0.05, 0.1) is 6.61 Å². The number of ether oxygens (including phenoxy) is 5. The highest BCUT2D eigenvalue weighted by Crippen LogP contribution is 2.26. The first-order valence-corrected chi connectivity index (χ1v) is 23.6. The Bertz CT molecular complexity index is 1090. The van der Waals surface area contributed by atoms with Crippen LogP contribution >= 0.6 is 11.8 Å². The summed E-state index contributed by atoms with van der Waals surface area (Å²) in [6.07, 6.45) is 16.8. The maximum Gasteiger partial charge on any atom is 0.306 e. The third-order valence-electron chi connectivity index (χ3n) is 9.64. The van der Waals surface area contributed by atoms with E-state index in [1.807, 2.05) is 19.0 Å². The highest BCUT2D eigenvalue weighted by atomic mass is 32.2. The number of hydrogen-bond acceptors (Lipinski definition) is 14. The van der Waals surface area contributed by atoms with Gasteiger partial charge >= 0.3 is 29.8 Å². The highest BCUT2D eigenvalue weighted by molar-refractivity contribution is 8.14. The van der Waals surface area contributed by atoms with Gasteiger partial charge in [-0.05, 0) is 72.0 Å². The molecule has 0 rings (SSSR count). The molecule has 14 heteroatoms. The number of thioether (sulfide) groups is 1. The molecule has 2 atom stereocenters. The molecule has 0 aromatic heterocycles. The van der Waals surface area contributed by atoms with Crippen molar-refractivity contribution in [1.82, 2.24) is 4.90 Å². The summed E-state index contributed by atoms with van der Waals surface area (Å²) in [4.78, 5) is 77.5. The Morgan fingerprint density at radius 1 is 0.475 bits per heavy atom. The van der Waals surface area contributed by atoms with Gasteiger partial charge in [-0.25, -0.2) is 0 Å². The van der Waals surface area contributed by atoms with Crippen LogP contribution in [0.15, 0.2) is 0 Å². The lowest BCUT2D eigenvalue weighted by Gasteiger charge is -2.19. The first-order chi connectivity index (χ1) is 28.4. The van der Waals surface area contributed by atoms with Crippen molar-refractivity contribution >= 4 is 46.7 Å².